The van der Waals surface area contributed by atoms with Crippen LogP contribution in [-0.4, -0.2) is 98.3 Å². The van der Waals surface area contributed by atoms with Gasteiger partial charge in [0, 0.05) is 26.7 Å². The van der Waals surface area contributed by atoms with Crippen molar-refractivity contribution in [3.63, 3.8) is 0 Å². The van der Waals surface area contributed by atoms with E-state index in [0.717, 1.165) is 4.90 Å². The minimum Gasteiger partial charge on any atom is -0.464 e. The molecule has 2 unspecified atom stereocenters. The molecule has 3 amide bonds. The van der Waals surface area contributed by atoms with Gasteiger partial charge in [-0.2, -0.15) is 18.6 Å². The minimum absolute atomic E-state index is 0.0273. The molecular formula is C16H20N8O8S. The van der Waals surface area contributed by atoms with Gasteiger partial charge in [-0.1, -0.05) is 5.21 Å². The smallest absolute Gasteiger partial charge is 0.418 e. The van der Waals surface area contributed by atoms with Crippen LogP contribution >= 0.6 is 0 Å². The molecule has 0 aliphatic carbocycles. The number of hydroxylamine groups is 2. The van der Waals surface area contributed by atoms with Crippen molar-refractivity contribution in [3.8, 4) is 0 Å². The first-order chi connectivity index (χ1) is 15.4. The van der Waals surface area contributed by atoms with E-state index in [-0.39, 0.29) is 18.8 Å². The molecule has 0 radical (unpaired) electrons. The van der Waals surface area contributed by atoms with Gasteiger partial charge < -0.3 is 14.5 Å². The number of carbonyl (C=O) groups is 3. The molecule has 17 heteroatoms. The number of hydrogen-bond donors (Lipinski definition) is 1. The Morgan fingerprint density at radius 3 is 2.64 bits per heavy atom. The Bertz CT molecular complexity index is 1250. The fourth-order valence-electron chi connectivity index (χ4n) is 3.99. The van der Waals surface area contributed by atoms with E-state index in [0.29, 0.717) is 22.0 Å². The number of likely N-dealkylation sites (N-methyl/N-ethyl adjacent to an activating group) is 1. The van der Waals surface area contributed by atoms with Crippen LogP contribution in [0.15, 0.2) is 6.20 Å². The molecule has 33 heavy (non-hydrogen) atoms. The first kappa shape index (κ1) is 22.6. The van der Waals surface area contributed by atoms with E-state index in [2.05, 4.69) is 24.4 Å². The van der Waals surface area contributed by atoms with E-state index in [1.54, 1.807) is 7.05 Å². The number of fused-ring (bicyclic) bond motifs is 4. The molecule has 2 bridgehead atoms. The fraction of sp³-hybridized carbons (Fsp3) is 0.500. The molecule has 1 N–H and O–H groups in total. The molecule has 16 nitrogen and oxygen atoms in total. The summed E-state index contributed by atoms with van der Waals surface area (Å²) in [5.41, 5.74) is 0.997. The third kappa shape index (κ3) is 3.79. The third-order valence-electron chi connectivity index (χ3n) is 5.29. The lowest BCUT2D eigenvalue weighted by Gasteiger charge is -2.32. The zero-order valence-electron chi connectivity index (χ0n) is 17.9. The van der Waals surface area contributed by atoms with Crippen molar-refractivity contribution in [3.05, 3.63) is 28.8 Å². The summed E-state index contributed by atoms with van der Waals surface area (Å²) >= 11 is 0. The molecule has 0 saturated carbocycles. The van der Waals surface area contributed by atoms with E-state index >= 15 is 0 Å². The SMILES string of the molecule is COC(=O)c1cn(Cc2nn(C)c3c2C2CN(C(=O)N2OS(=O)(=O)O)C3C(=O)N(C)C)nn1. The average Bonchev–Trinajstić information content (AvgIpc) is 3.40. The maximum Gasteiger partial charge on any atom is 0.418 e. The summed E-state index contributed by atoms with van der Waals surface area (Å²) in [4.78, 5) is 40.0. The van der Waals surface area contributed by atoms with Gasteiger partial charge in [0.05, 0.1) is 37.8 Å². The fourth-order valence-corrected chi connectivity index (χ4v) is 4.36. The van der Waals surface area contributed by atoms with E-state index in [9.17, 15) is 27.4 Å². The second-order valence-corrected chi connectivity index (χ2v) is 8.58. The number of hydrogen-bond acceptors (Lipinski definition) is 10. The van der Waals surface area contributed by atoms with E-state index in [1.165, 1.54) is 41.7 Å². The maximum absolute atomic E-state index is 13.0. The van der Waals surface area contributed by atoms with Crippen LogP contribution in [0.4, 0.5) is 4.79 Å². The molecule has 4 heterocycles. The molecule has 178 valence electrons. The number of amides is 3. The summed E-state index contributed by atoms with van der Waals surface area (Å²) < 4.78 is 43.8. The highest BCUT2D eigenvalue weighted by Crippen LogP contribution is 2.46. The lowest BCUT2D eigenvalue weighted by molar-refractivity contribution is -0.134. The topological polar surface area (TPSA) is 182 Å². The van der Waals surface area contributed by atoms with Crippen LogP contribution in [-0.2, 0) is 37.8 Å². The Morgan fingerprint density at radius 1 is 1.33 bits per heavy atom. The first-order valence-electron chi connectivity index (χ1n) is 9.45. The highest BCUT2D eigenvalue weighted by Gasteiger charge is 2.55. The summed E-state index contributed by atoms with van der Waals surface area (Å²) in [6.07, 6.45) is 1.33. The molecule has 2 atom stereocenters. The predicted molar refractivity (Wildman–Crippen MR) is 104 cm³/mol. The van der Waals surface area contributed by atoms with Crippen LogP contribution in [0.25, 0.3) is 0 Å². The quantitative estimate of drug-likeness (QED) is 0.372. The standard InChI is InChI=1S/C16H20N8O8S/c1-20(2)14(25)13-12-11(10-7-23(13)16(27)24(10)32-33(28,29)30)8(18-21(12)3)5-22-6-9(17-19-22)15(26)31-4/h6,10,13H,5,7H2,1-4H3,(H,28,29,30). The van der Waals surface area contributed by atoms with Crippen molar-refractivity contribution < 1.29 is 36.4 Å². The normalized spacial score (nSPS) is 19.6. The monoisotopic (exact) mass is 484 g/mol. The van der Waals surface area contributed by atoms with Crippen molar-refractivity contribution in [1.82, 2.24) is 39.6 Å². The van der Waals surface area contributed by atoms with E-state index in [1.807, 2.05) is 0 Å². The van der Waals surface area contributed by atoms with Gasteiger partial charge in [-0.15, -0.1) is 9.38 Å². The molecule has 2 aromatic heterocycles. The van der Waals surface area contributed by atoms with Gasteiger partial charge >= 0.3 is 22.4 Å². The van der Waals surface area contributed by atoms with Gasteiger partial charge in [-0.25, -0.2) is 14.3 Å². The number of aromatic nitrogens is 5. The van der Waals surface area contributed by atoms with Crippen LogP contribution in [0.3, 0.4) is 0 Å². The van der Waals surface area contributed by atoms with Crippen LogP contribution in [0, 0.1) is 0 Å². The molecule has 1 saturated heterocycles. The lowest BCUT2D eigenvalue weighted by Crippen LogP contribution is -2.44. The zero-order valence-corrected chi connectivity index (χ0v) is 18.8. The molecule has 0 spiro atoms. The Balaban J connectivity index is 1.82. The summed E-state index contributed by atoms with van der Waals surface area (Å²) in [6.45, 7) is -0.116. The van der Waals surface area contributed by atoms with E-state index < -0.39 is 40.4 Å². The number of aryl methyl sites for hydroxylation is 1. The van der Waals surface area contributed by atoms with Crippen molar-refractivity contribution in [2.45, 2.75) is 18.6 Å². The predicted octanol–water partition coefficient (Wildman–Crippen LogP) is -1.50. The van der Waals surface area contributed by atoms with Crippen molar-refractivity contribution >= 4 is 28.3 Å². The number of methoxy groups -OCH3 is 1. The summed E-state index contributed by atoms with van der Waals surface area (Å²) in [7, 11) is 0.772. The third-order valence-corrected chi connectivity index (χ3v) is 5.64. The molecule has 2 aromatic rings. The zero-order chi connectivity index (χ0) is 24.2. The first-order valence-corrected chi connectivity index (χ1v) is 10.8. The maximum atomic E-state index is 13.0. The highest BCUT2D eigenvalue weighted by molar-refractivity contribution is 7.80. The Morgan fingerprint density at radius 2 is 2.03 bits per heavy atom. The van der Waals surface area contributed by atoms with Crippen molar-refractivity contribution in [2.24, 2.45) is 7.05 Å². The van der Waals surface area contributed by atoms with Crippen LogP contribution in [0.2, 0.25) is 0 Å². The van der Waals surface area contributed by atoms with Crippen LogP contribution in [0.1, 0.15) is 39.5 Å². The van der Waals surface area contributed by atoms with Crippen LogP contribution < -0.4 is 0 Å². The summed E-state index contributed by atoms with van der Waals surface area (Å²) in [6, 6.07) is -3.01. The largest absolute Gasteiger partial charge is 0.464 e. The number of ether oxygens (including phenoxy) is 1. The summed E-state index contributed by atoms with van der Waals surface area (Å²) in [5, 5.41) is 12.5. The number of nitrogens with zero attached hydrogens (tertiary/aromatic N) is 8. The van der Waals surface area contributed by atoms with Gasteiger partial charge in [0.1, 0.15) is 6.04 Å². The number of urea groups is 1. The minimum atomic E-state index is -5.03. The van der Waals surface area contributed by atoms with Gasteiger partial charge in [-0.3, -0.25) is 14.0 Å². The van der Waals surface area contributed by atoms with Gasteiger partial charge in [0.25, 0.3) is 5.91 Å². The average molecular weight is 484 g/mol. The van der Waals surface area contributed by atoms with Crippen molar-refractivity contribution in [1.29, 1.82) is 0 Å². The number of rotatable bonds is 6. The molecule has 4 rings (SSSR count). The van der Waals surface area contributed by atoms with Gasteiger partial charge in [0.2, 0.25) is 0 Å². The Kier molecular flexibility index (Phi) is 5.33. The van der Waals surface area contributed by atoms with Gasteiger partial charge in [-0.05, 0) is 0 Å². The Labute approximate surface area is 187 Å². The molecule has 2 aliphatic rings. The second-order valence-electron chi connectivity index (χ2n) is 7.58. The molecular weight excluding hydrogens is 464 g/mol. The second kappa shape index (κ2) is 7.78. The number of carbonyl (C=O) groups excluding carboxylic acids is 3. The lowest BCUT2D eigenvalue weighted by atomic mass is 9.94. The molecule has 0 aromatic carbocycles. The van der Waals surface area contributed by atoms with Gasteiger partial charge in [0.15, 0.2) is 11.7 Å². The van der Waals surface area contributed by atoms with Crippen LogP contribution in [0.5, 0.6) is 0 Å². The number of esters is 1. The summed E-state index contributed by atoms with van der Waals surface area (Å²) in [5.74, 6) is -1.13. The highest BCUT2D eigenvalue weighted by atomic mass is 32.3. The van der Waals surface area contributed by atoms with Crippen molar-refractivity contribution in [2.75, 3.05) is 27.7 Å². The molecule has 2 aliphatic heterocycles. The van der Waals surface area contributed by atoms with E-state index in [4.69, 9.17) is 0 Å². The molecule has 1 fully saturated rings. The Hall–Kier alpha value is -3.57.